The minimum absolute atomic E-state index is 0.0383. The Kier molecular flexibility index (Phi) is 7.72. The van der Waals surface area contributed by atoms with Crippen LogP contribution in [0, 0.1) is 3.57 Å². The fourth-order valence-electron chi connectivity index (χ4n) is 4.56. The fraction of sp³-hybridized carbons (Fsp3) is 0.286. The first-order valence-electron chi connectivity index (χ1n) is 12.4. The minimum Gasteiger partial charge on any atom is -0.372 e. The van der Waals surface area contributed by atoms with Gasteiger partial charge in [0, 0.05) is 33.8 Å². The van der Waals surface area contributed by atoms with Crippen molar-refractivity contribution in [1.82, 2.24) is 20.3 Å². The molecule has 0 aliphatic carbocycles. The molecule has 4 heterocycles. The molecule has 0 unspecified atom stereocenters. The van der Waals surface area contributed by atoms with Crippen LogP contribution in [0.5, 0.6) is 0 Å². The summed E-state index contributed by atoms with van der Waals surface area (Å²) in [6, 6.07) is 14.8. The maximum atomic E-state index is 13.0. The van der Waals surface area contributed by atoms with Gasteiger partial charge in [-0.25, -0.2) is 9.97 Å². The zero-order valence-electron chi connectivity index (χ0n) is 21.2. The number of fused-ring (bicyclic) bond motifs is 1. The molecule has 1 N–H and O–H groups in total. The number of nitrogens with zero attached hydrogens (tertiary/aromatic N) is 4. The number of alkyl halides is 3. The first-order valence-corrected chi connectivity index (χ1v) is 13.4. The van der Waals surface area contributed by atoms with E-state index in [9.17, 15) is 18.0 Å². The van der Waals surface area contributed by atoms with Gasteiger partial charge >= 0.3 is 6.18 Å². The molecule has 0 bridgehead atoms. The number of nitrogens with one attached hydrogen (secondary N) is 1. The summed E-state index contributed by atoms with van der Waals surface area (Å²) in [5.41, 5.74) is 2.08. The maximum absolute atomic E-state index is 13.0. The zero-order valence-corrected chi connectivity index (χ0v) is 23.3. The average Bonchev–Trinajstić information content (AvgIpc) is 2.90. The SMILES string of the molecule is C[C@@H]1CN(c2cccc(-c3ccc4cnc(CNC(=O)c5ccc(C(F)(F)F)c(I)c5)cc4n3)n2)C[C@H](C)O1. The van der Waals surface area contributed by atoms with E-state index in [0.717, 1.165) is 36.1 Å². The van der Waals surface area contributed by atoms with Gasteiger partial charge in [-0.2, -0.15) is 13.2 Å². The van der Waals surface area contributed by atoms with Gasteiger partial charge in [0.1, 0.15) is 5.82 Å². The van der Waals surface area contributed by atoms with Crippen LogP contribution in [0.15, 0.2) is 60.8 Å². The molecule has 1 fully saturated rings. The van der Waals surface area contributed by atoms with Crippen LogP contribution in [0.25, 0.3) is 22.3 Å². The first kappa shape index (κ1) is 27.3. The van der Waals surface area contributed by atoms with E-state index in [0.29, 0.717) is 16.9 Å². The highest BCUT2D eigenvalue weighted by Gasteiger charge is 2.33. The third kappa shape index (κ3) is 6.30. The van der Waals surface area contributed by atoms with E-state index in [1.54, 1.807) is 34.9 Å². The van der Waals surface area contributed by atoms with Crippen molar-refractivity contribution in [3.05, 3.63) is 81.2 Å². The molecular formula is C28H25F3IN5O2. The number of pyridine rings is 3. The highest BCUT2D eigenvalue weighted by molar-refractivity contribution is 14.1. The molecule has 11 heteroatoms. The Morgan fingerprint density at radius 3 is 2.51 bits per heavy atom. The minimum atomic E-state index is -4.47. The number of carbonyl (C=O) groups excluding carboxylic acids is 1. The maximum Gasteiger partial charge on any atom is 0.417 e. The number of halogens is 4. The monoisotopic (exact) mass is 647 g/mol. The average molecular weight is 647 g/mol. The lowest BCUT2D eigenvalue weighted by Gasteiger charge is -2.36. The van der Waals surface area contributed by atoms with Crippen molar-refractivity contribution >= 4 is 45.2 Å². The predicted octanol–water partition coefficient (Wildman–Crippen LogP) is 5.86. The summed E-state index contributed by atoms with van der Waals surface area (Å²) >= 11 is 1.58. The highest BCUT2D eigenvalue weighted by atomic mass is 127. The Balaban J connectivity index is 1.32. The van der Waals surface area contributed by atoms with Gasteiger partial charge in [0.2, 0.25) is 0 Å². The lowest BCUT2D eigenvalue weighted by Crippen LogP contribution is -2.45. The Bertz CT molecular complexity index is 1520. The van der Waals surface area contributed by atoms with Gasteiger partial charge in [-0.05, 0) is 85.0 Å². The van der Waals surface area contributed by atoms with Crippen molar-refractivity contribution in [2.24, 2.45) is 0 Å². The van der Waals surface area contributed by atoms with E-state index in [1.165, 1.54) is 12.1 Å². The van der Waals surface area contributed by atoms with Gasteiger partial charge in [-0.15, -0.1) is 0 Å². The van der Waals surface area contributed by atoms with Gasteiger partial charge < -0.3 is 15.0 Å². The molecular weight excluding hydrogens is 622 g/mol. The Morgan fingerprint density at radius 2 is 1.79 bits per heavy atom. The summed E-state index contributed by atoms with van der Waals surface area (Å²) in [5.74, 6) is 0.380. The van der Waals surface area contributed by atoms with E-state index < -0.39 is 17.6 Å². The molecule has 202 valence electrons. The van der Waals surface area contributed by atoms with Crippen LogP contribution in [0.2, 0.25) is 0 Å². The Morgan fingerprint density at radius 1 is 1.05 bits per heavy atom. The number of anilines is 1. The first-order chi connectivity index (χ1) is 18.6. The lowest BCUT2D eigenvalue weighted by molar-refractivity contribution is -0.138. The molecule has 1 aliphatic heterocycles. The summed E-state index contributed by atoms with van der Waals surface area (Å²) < 4.78 is 44.9. The van der Waals surface area contributed by atoms with Gasteiger partial charge in [0.15, 0.2) is 0 Å². The molecule has 7 nitrogen and oxygen atoms in total. The van der Waals surface area contributed by atoms with E-state index >= 15 is 0 Å². The fourth-order valence-corrected chi connectivity index (χ4v) is 5.38. The molecule has 5 rings (SSSR count). The van der Waals surface area contributed by atoms with Crippen LogP contribution in [0.1, 0.15) is 35.5 Å². The summed E-state index contributed by atoms with van der Waals surface area (Å²) in [6.07, 6.45) is -2.56. The van der Waals surface area contributed by atoms with Gasteiger partial charge in [0.25, 0.3) is 5.91 Å². The number of rotatable bonds is 5. The molecule has 1 saturated heterocycles. The van der Waals surface area contributed by atoms with E-state index in [-0.39, 0.29) is 27.9 Å². The second kappa shape index (κ2) is 11.0. The van der Waals surface area contributed by atoms with E-state index in [1.807, 2.05) is 30.3 Å². The number of amides is 1. The highest BCUT2D eigenvalue weighted by Crippen LogP contribution is 2.33. The van der Waals surface area contributed by atoms with Crippen LogP contribution in [-0.4, -0.2) is 46.2 Å². The van der Waals surface area contributed by atoms with Crippen LogP contribution in [-0.2, 0) is 17.5 Å². The van der Waals surface area contributed by atoms with Crippen LogP contribution in [0.4, 0.5) is 19.0 Å². The third-order valence-corrected chi connectivity index (χ3v) is 7.23. The second-order valence-electron chi connectivity index (χ2n) is 9.48. The topological polar surface area (TPSA) is 80.2 Å². The number of hydrogen-bond donors (Lipinski definition) is 1. The van der Waals surface area contributed by atoms with Crippen molar-refractivity contribution in [2.45, 2.75) is 38.8 Å². The molecule has 0 spiro atoms. The van der Waals surface area contributed by atoms with Crippen LogP contribution >= 0.6 is 22.6 Å². The summed E-state index contributed by atoms with van der Waals surface area (Å²) in [6.45, 7) is 5.72. The largest absolute Gasteiger partial charge is 0.417 e. The Hall–Kier alpha value is -3.32. The number of hydrogen-bond acceptors (Lipinski definition) is 6. The van der Waals surface area contributed by atoms with E-state index in [2.05, 4.69) is 29.0 Å². The number of benzene rings is 1. The zero-order chi connectivity index (χ0) is 27.7. The molecule has 2 atom stereocenters. The number of carbonyl (C=O) groups is 1. The van der Waals surface area contributed by atoms with Crippen LogP contribution in [0.3, 0.4) is 0 Å². The number of ether oxygens (including phenoxy) is 1. The quantitative estimate of drug-likeness (QED) is 0.274. The van der Waals surface area contributed by atoms with E-state index in [4.69, 9.17) is 14.7 Å². The molecule has 0 radical (unpaired) electrons. The number of aromatic nitrogens is 3. The second-order valence-corrected chi connectivity index (χ2v) is 10.6. The molecule has 1 aliphatic rings. The summed E-state index contributed by atoms with van der Waals surface area (Å²) in [7, 11) is 0. The number of morpholine rings is 1. The normalized spacial score (nSPS) is 17.8. The van der Waals surface area contributed by atoms with Gasteiger partial charge in [-0.1, -0.05) is 6.07 Å². The van der Waals surface area contributed by atoms with Gasteiger partial charge in [-0.3, -0.25) is 9.78 Å². The van der Waals surface area contributed by atoms with Crippen molar-refractivity contribution in [2.75, 3.05) is 18.0 Å². The summed E-state index contributed by atoms with van der Waals surface area (Å²) in [5, 5.41) is 3.55. The molecule has 1 aromatic carbocycles. The standard InChI is InChI=1S/C28H25F3IN5O2/c1-16-14-37(15-17(2)39-16)26-5-3-4-23(36-26)24-9-7-19-12-33-20(11-25(19)35-24)13-34-27(38)18-6-8-21(22(32)10-18)28(29,30)31/h3-12,16-17H,13-15H2,1-2H3,(H,34,38)/t16-,17+. The van der Waals surface area contributed by atoms with Crippen molar-refractivity contribution < 1.29 is 22.7 Å². The molecule has 4 aromatic rings. The van der Waals surface area contributed by atoms with Crippen molar-refractivity contribution in [3.8, 4) is 11.4 Å². The van der Waals surface area contributed by atoms with Crippen molar-refractivity contribution in [3.63, 3.8) is 0 Å². The molecule has 0 saturated carbocycles. The molecule has 3 aromatic heterocycles. The van der Waals surface area contributed by atoms with Crippen molar-refractivity contribution in [1.29, 1.82) is 0 Å². The summed E-state index contributed by atoms with van der Waals surface area (Å²) in [4.78, 5) is 28.8. The Labute approximate surface area is 237 Å². The molecule has 1 amide bonds. The third-order valence-electron chi connectivity index (χ3n) is 6.34. The smallest absolute Gasteiger partial charge is 0.372 e. The van der Waals surface area contributed by atoms with Crippen LogP contribution < -0.4 is 10.2 Å². The van der Waals surface area contributed by atoms with Gasteiger partial charge in [0.05, 0.1) is 46.9 Å². The predicted molar refractivity (Wildman–Crippen MR) is 150 cm³/mol. The lowest BCUT2D eigenvalue weighted by atomic mass is 10.1. The molecule has 39 heavy (non-hydrogen) atoms.